The number of nitrogens with zero attached hydrogens (tertiary/aromatic N) is 1. The molecule has 0 spiro atoms. The van der Waals surface area contributed by atoms with Gasteiger partial charge in [-0.05, 0) is 30.7 Å². The minimum absolute atomic E-state index is 0.0605. The maximum Gasteiger partial charge on any atom is 0.242 e. The van der Waals surface area contributed by atoms with Gasteiger partial charge in [-0.2, -0.15) is 5.26 Å². The molecule has 1 aromatic rings. The molecule has 82 valence electrons. The van der Waals surface area contributed by atoms with Gasteiger partial charge in [-0.1, -0.05) is 0 Å². The first-order valence-electron chi connectivity index (χ1n) is 5.09. The van der Waals surface area contributed by atoms with E-state index in [4.69, 9.17) is 5.26 Å². The zero-order chi connectivity index (χ0) is 11.4. The molecule has 1 saturated heterocycles. The van der Waals surface area contributed by atoms with Crippen LogP contribution in [0.4, 0.5) is 5.69 Å². The van der Waals surface area contributed by atoms with Crippen molar-refractivity contribution in [2.24, 2.45) is 0 Å². The molecule has 1 aromatic carbocycles. The second-order valence-electron chi connectivity index (χ2n) is 3.59. The van der Waals surface area contributed by atoms with Crippen LogP contribution in [0.25, 0.3) is 0 Å². The van der Waals surface area contributed by atoms with Crippen molar-refractivity contribution in [3.05, 3.63) is 29.8 Å². The number of benzene rings is 1. The first-order valence-corrected chi connectivity index (χ1v) is 5.09. The Labute approximate surface area is 93.4 Å². The molecule has 16 heavy (non-hydrogen) atoms. The Balaban J connectivity index is 1.98. The number of nitrogens with one attached hydrogen (secondary N) is 3. The number of hydrogen-bond donors (Lipinski definition) is 3. The summed E-state index contributed by atoms with van der Waals surface area (Å²) in [5.41, 5.74) is 7.08. The third-order valence-electron chi connectivity index (χ3n) is 2.43. The molecular weight excluding hydrogens is 204 g/mol. The van der Waals surface area contributed by atoms with Crippen LogP contribution >= 0.6 is 0 Å². The van der Waals surface area contributed by atoms with Crippen molar-refractivity contribution in [1.29, 1.82) is 5.26 Å². The zero-order valence-electron chi connectivity index (χ0n) is 8.66. The van der Waals surface area contributed by atoms with Crippen molar-refractivity contribution in [2.45, 2.75) is 12.5 Å². The highest BCUT2D eigenvalue weighted by atomic mass is 16.2. The first kappa shape index (κ1) is 10.6. The highest BCUT2D eigenvalue weighted by Gasteiger charge is 2.21. The summed E-state index contributed by atoms with van der Waals surface area (Å²) in [5.74, 6) is -0.0605. The van der Waals surface area contributed by atoms with Crippen LogP contribution in [0.15, 0.2) is 24.3 Å². The second-order valence-corrected chi connectivity index (χ2v) is 3.59. The molecule has 1 unspecified atom stereocenters. The van der Waals surface area contributed by atoms with E-state index in [0.29, 0.717) is 11.3 Å². The smallest absolute Gasteiger partial charge is 0.242 e. The maximum atomic E-state index is 11.7. The summed E-state index contributed by atoms with van der Waals surface area (Å²) < 4.78 is 0. The highest BCUT2D eigenvalue weighted by molar-refractivity contribution is 5.94. The Kier molecular flexibility index (Phi) is 3.15. The summed E-state index contributed by atoms with van der Waals surface area (Å²) >= 11 is 0. The van der Waals surface area contributed by atoms with E-state index in [0.717, 1.165) is 13.0 Å². The van der Waals surface area contributed by atoms with Gasteiger partial charge in [0.1, 0.15) is 6.04 Å². The molecule has 1 aliphatic heterocycles. The highest BCUT2D eigenvalue weighted by Crippen LogP contribution is 2.10. The quantitative estimate of drug-likeness (QED) is 0.667. The lowest BCUT2D eigenvalue weighted by Gasteiger charge is -2.10. The predicted octanol–water partition coefficient (Wildman–Crippen LogP) is 0.363. The Morgan fingerprint density at radius 1 is 1.44 bits per heavy atom. The Morgan fingerprint density at radius 3 is 2.75 bits per heavy atom. The normalized spacial score (nSPS) is 19.1. The summed E-state index contributed by atoms with van der Waals surface area (Å²) in [7, 11) is 0. The van der Waals surface area contributed by atoms with Gasteiger partial charge in [0.2, 0.25) is 5.91 Å². The van der Waals surface area contributed by atoms with Crippen LogP contribution in [0, 0.1) is 11.3 Å². The summed E-state index contributed by atoms with van der Waals surface area (Å²) in [6.45, 7) is 0.797. The topological polar surface area (TPSA) is 77.0 Å². The Bertz CT molecular complexity index is 415. The van der Waals surface area contributed by atoms with E-state index in [1.165, 1.54) is 0 Å². The number of anilines is 1. The standard InChI is InChI=1S/C11H12N4O/c12-7-8-1-3-9(4-2-8)14-11(16)10-5-6-13-15-10/h1-4,10,13,15H,5-6H2,(H,14,16). The van der Waals surface area contributed by atoms with Crippen molar-refractivity contribution in [2.75, 3.05) is 11.9 Å². The van der Waals surface area contributed by atoms with E-state index in [1.54, 1.807) is 24.3 Å². The average Bonchev–Trinajstić information content (AvgIpc) is 2.83. The van der Waals surface area contributed by atoms with Crippen LogP contribution in [0.1, 0.15) is 12.0 Å². The molecule has 1 aliphatic rings. The lowest BCUT2D eigenvalue weighted by molar-refractivity contribution is -0.117. The lowest BCUT2D eigenvalue weighted by Crippen LogP contribution is -2.39. The molecule has 0 bridgehead atoms. The number of carbonyl (C=O) groups is 1. The third kappa shape index (κ3) is 2.37. The summed E-state index contributed by atoms with van der Waals surface area (Å²) in [6, 6.07) is 8.64. The van der Waals surface area contributed by atoms with E-state index in [-0.39, 0.29) is 11.9 Å². The van der Waals surface area contributed by atoms with Gasteiger partial charge in [-0.3, -0.25) is 10.2 Å². The van der Waals surface area contributed by atoms with Gasteiger partial charge in [0.05, 0.1) is 11.6 Å². The molecule has 2 rings (SSSR count). The number of hydrogen-bond acceptors (Lipinski definition) is 4. The molecule has 0 aliphatic carbocycles. The SMILES string of the molecule is N#Cc1ccc(NC(=O)C2CCNN2)cc1. The van der Waals surface area contributed by atoms with Crippen LogP contribution < -0.4 is 16.2 Å². The molecular formula is C11H12N4O. The minimum Gasteiger partial charge on any atom is -0.325 e. The largest absolute Gasteiger partial charge is 0.325 e. The van der Waals surface area contributed by atoms with E-state index in [9.17, 15) is 4.79 Å². The van der Waals surface area contributed by atoms with Crippen LogP contribution in [0.5, 0.6) is 0 Å². The van der Waals surface area contributed by atoms with Gasteiger partial charge in [0.25, 0.3) is 0 Å². The van der Waals surface area contributed by atoms with Crippen LogP contribution in [-0.4, -0.2) is 18.5 Å². The van der Waals surface area contributed by atoms with Crippen molar-refractivity contribution in [3.63, 3.8) is 0 Å². The molecule has 1 atom stereocenters. The molecule has 0 saturated carbocycles. The van der Waals surface area contributed by atoms with Gasteiger partial charge < -0.3 is 5.32 Å². The number of amides is 1. The number of rotatable bonds is 2. The molecule has 5 nitrogen and oxygen atoms in total. The molecule has 1 fully saturated rings. The van der Waals surface area contributed by atoms with Crippen LogP contribution in [0.2, 0.25) is 0 Å². The van der Waals surface area contributed by atoms with E-state index < -0.39 is 0 Å². The Hall–Kier alpha value is -1.90. The van der Waals surface area contributed by atoms with Crippen molar-refractivity contribution < 1.29 is 4.79 Å². The Morgan fingerprint density at radius 2 is 2.19 bits per heavy atom. The van der Waals surface area contributed by atoms with E-state index >= 15 is 0 Å². The van der Waals surface area contributed by atoms with E-state index in [2.05, 4.69) is 16.2 Å². The second kappa shape index (κ2) is 4.75. The van der Waals surface area contributed by atoms with E-state index in [1.807, 2.05) is 6.07 Å². The third-order valence-corrected chi connectivity index (χ3v) is 2.43. The van der Waals surface area contributed by atoms with Gasteiger partial charge >= 0.3 is 0 Å². The molecule has 3 N–H and O–H groups in total. The molecule has 0 aromatic heterocycles. The minimum atomic E-state index is -0.185. The molecule has 5 heteroatoms. The molecule has 1 heterocycles. The van der Waals surface area contributed by atoms with Gasteiger partial charge in [-0.15, -0.1) is 0 Å². The molecule has 0 radical (unpaired) electrons. The summed E-state index contributed by atoms with van der Waals surface area (Å²) in [5, 5.41) is 11.4. The lowest BCUT2D eigenvalue weighted by atomic mass is 10.2. The summed E-state index contributed by atoms with van der Waals surface area (Å²) in [4.78, 5) is 11.7. The van der Waals surface area contributed by atoms with Crippen LogP contribution in [0.3, 0.4) is 0 Å². The van der Waals surface area contributed by atoms with Crippen molar-refractivity contribution in [1.82, 2.24) is 10.9 Å². The fourth-order valence-electron chi connectivity index (χ4n) is 1.54. The summed E-state index contributed by atoms with van der Waals surface area (Å²) in [6.07, 6.45) is 0.780. The average molecular weight is 216 g/mol. The number of nitriles is 1. The number of carbonyl (C=O) groups excluding carboxylic acids is 1. The van der Waals surface area contributed by atoms with Gasteiger partial charge in [0, 0.05) is 12.2 Å². The zero-order valence-corrected chi connectivity index (χ0v) is 8.66. The fraction of sp³-hybridized carbons (Fsp3) is 0.273. The van der Waals surface area contributed by atoms with Crippen LogP contribution in [-0.2, 0) is 4.79 Å². The monoisotopic (exact) mass is 216 g/mol. The number of hydrazine groups is 1. The van der Waals surface area contributed by atoms with Crippen molar-refractivity contribution >= 4 is 11.6 Å². The van der Waals surface area contributed by atoms with Gasteiger partial charge in [0.15, 0.2) is 0 Å². The predicted molar refractivity (Wildman–Crippen MR) is 59.3 cm³/mol. The maximum absolute atomic E-state index is 11.7. The molecule has 1 amide bonds. The van der Waals surface area contributed by atoms with Crippen molar-refractivity contribution in [3.8, 4) is 6.07 Å². The first-order chi connectivity index (χ1) is 7.79. The van der Waals surface area contributed by atoms with Gasteiger partial charge in [-0.25, -0.2) is 5.43 Å². The fourth-order valence-corrected chi connectivity index (χ4v) is 1.54.